The number of hydrogen-bond donors (Lipinski definition) is 0. The molecule has 1 heterocycles. The molecule has 0 aromatic rings. The van der Waals surface area contributed by atoms with Crippen molar-refractivity contribution in [1.82, 2.24) is 0 Å². The van der Waals surface area contributed by atoms with Crippen LogP contribution in [0, 0.1) is 0 Å². The topological polar surface area (TPSA) is 17.1 Å². The summed E-state index contributed by atoms with van der Waals surface area (Å²) >= 11 is 5.58. The van der Waals surface area contributed by atoms with Crippen LogP contribution >= 0.6 is 19.4 Å². The summed E-state index contributed by atoms with van der Waals surface area (Å²) < 4.78 is 10.6. The van der Waals surface area contributed by atoms with E-state index < -0.39 is 7.80 Å². The van der Waals surface area contributed by atoms with Crippen molar-refractivity contribution in [3.63, 3.8) is 0 Å². The molecule has 2 atom stereocenters. The van der Waals surface area contributed by atoms with Crippen LogP contribution < -0.4 is 0 Å². The Hall–Kier alpha value is 0.390. The van der Waals surface area contributed by atoms with Crippen LogP contribution in [0.3, 0.4) is 0 Å². The monoisotopic (exact) mass is 137 g/mol. The zero-order chi connectivity index (χ0) is 5.28. The van der Waals surface area contributed by atoms with Crippen molar-refractivity contribution in [2.24, 2.45) is 0 Å². The highest BCUT2D eigenvalue weighted by molar-refractivity contribution is 7.48. The Morgan fingerprint density at radius 2 is 2.43 bits per heavy atom. The quantitative estimate of drug-likeness (QED) is 0.369. The zero-order valence-corrected chi connectivity index (χ0v) is 5.58. The van der Waals surface area contributed by atoms with Gasteiger partial charge >= 0.3 is 0 Å². The minimum atomic E-state index is -1.01. The predicted molar refractivity (Wildman–Crippen MR) is 31.3 cm³/mol. The van der Waals surface area contributed by atoms with Gasteiger partial charge in [-0.3, -0.25) is 4.57 Å². The molecule has 1 fully saturated rings. The molecule has 1 radical (unpaired) electrons. The van der Waals surface area contributed by atoms with Crippen LogP contribution in [0.1, 0.15) is 12.8 Å². The first-order valence-electron chi connectivity index (χ1n) is 2.38. The van der Waals surface area contributed by atoms with E-state index in [2.05, 4.69) is 0 Å². The highest BCUT2D eigenvalue weighted by Gasteiger charge is 2.19. The molecular weight excluding hydrogens is 130 g/mol. The van der Waals surface area contributed by atoms with E-state index in [9.17, 15) is 4.57 Å². The minimum Gasteiger partial charge on any atom is -0.286 e. The molecule has 41 valence electrons. The second-order valence-electron chi connectivity index (χ2n) is 1.72. The highest BCUT2D eigenvalue weighted by Crippen LogP contribution is 2.41. The van der Waals surface area contributed by atoms with Gasteiger partial charge in [0.15, 0.2) is 0 Å². The normalized spacial score (nSPS) is 36.7. The Bertz CT molecular complexity index is 93.7. The second-order valence-corrected chi connectivity index (χ2v) is 4.45. The first kappa shape index (κ1) is 5.53. The Balaban J connectivity index is 2.48. The van der Waals surface area contributed by atoms with Gasteiger partial charge in [0.25, 0.3) is 0 Å². The van der Waals surface area contributed by atoms with Crippen molar-refractivity contribution < 1.29 is 4.57 Å². The molecule has 0 aliphatic carbocycles. The molecule has 0 saturated carbocycles. The van der Waals surface area contributed by atoms with Crippen LogP contribution in [0.2, 0.25) is 0 Å². The van der Waals surface area contributed by atoms with Crippen LogP contribution in [0.4, 0.5) is 0 Å². The van der Waals surface area contributed by atoms with E-state index in [1.807, 2.05) is 0 Å². The third kappa shape index (κ3) is 1.14. The van der Waals surface area contributed by atoms with Gasteiger partial charge in [-0.25, -0.2) is 0 Å². The van der Waals surface area contributed by atoms with Gasteiger partial charge in [0.2, 0.25) is 0 Å². The summed E-state index contributed by atoms with van der Waals surface area (Å²) in [5.74, 6) is 0. The maximum atomic E-state index is 10.6. The largest absolute Gasteiger partial charge is 0.286 e. The molecule has 1 saturated heterocycles. The summed E-state index contributed by atoms with van der Waals surface area (Å²) in [5.41, 5.74) is 0. The van der Waals surface area contributed by atoms with Crippen molar-refractivity contribution >= 4 is 19.4 Å². The van der Waals surface area contributed by atoms with Crippen LogP contribution in [-0.2, 0) is 4.57 Å². The Kier molecular flexibility index (Phi) is 1.66. The van der Waals surface area contributed by atoms with Crippen molar-refractivity contribution in [1.29, 1.82) is 0 Å². The van der Waals surface area contributed by atoms with Crippen LogP contribution in [0.15, 0.2) is 0 Å². The average Bonchev–Trinajstić information content (AvgIpc) is 1.91. The first-order chi connectivity index (χ1) is 3.30. The van der Waals surface area contributed by atoms with E-state index in [1.165, 1.54) is 0 Å². The van der Waals surface area contributed by atoms with Crippen LogP contribution in [-0.4, -0.2) is 11.3 Å². The van der Waals surface area contributed by atoms with Gasteiger partial charge in [0.05, 0.1) is 7.80 Å². The molecule has 2 unspecified atom stereocenters. The third-order valence-electron chi connectivity index (χ3n) is 1.13. The maximum Gasteiger partial charge on any atom is 0.103 e. The maximum absolute atomic E-state index is 10.6. The molecule has 0 bridgehead atoms. The molecule has 3 heteroatoms. The molecule has 7 heavy (non-hydrogen) atoms. The fourth-order valence-corrected chi connectivity index (χ4v) is 2.39. The number of rotatable bonds is 0. The Labute approximate surface area is 48.8 Å². The first-order valence-corrected chi connectivity index (χ1v) is 4.33. The Morgan fingerprint density at radius 1 is 1.71 bits per heavy atom. The highest BCUT2D eigenvalue weighted by atomic mass is 35.5. The number of alkyl halides is 1. The van der Waals surface area contributed by atoms with Crippen molar-refractivity contribution in [3.8, 4) is 0 Å². The summed E-state index contributed by atoms with van der Waals surface area (Å²) in [6.07, 6.45) is 2.86. The van der Waals surface area contributed by atoms with Gasteiger partial charge < -0.3 is 0 Å². The molecular formula is C4H7ClOP. The van der Waals surface area contributed by atoms with Gasteiger partial charge in [0.1, 0.15) is 5.12 Å². The summed E-state index contributed by atoms with van der Waals surface area (Å²) in [6.45, 7) is 0. The SMILES string of the molecule is O=[P]1CCCC1Cl. The number of hydrogen-bond acceptors (Lipinski definition) is 1. The van der Waals surface area contributed by atoms with E-state index in [0.29, 0.717) is 0 Å². The van der Waals surface area contributed by atoms with E-state index in [0.717, 1.165) is 19.0 Å². The molecule has 1 nitrogen and oxygen atoms in total. The molecule has 0 aromatic carbocycles. The molecule has 0 spiro atoms. The lowest BCUT2D eigenvalue weighted by molar-refractivity contribution is 0.590. The van der Waals surface area contributed by atoms with E-state index in [4.69, 9.17) is 11.6 Å². The van der Waals surface area contributed by atoms with E-state index >= 15 is 0 Å². The fraction of sp³-hybridized carbons (Fsp3) is 1.00. The zero-order valence-electron chi connectivity index (χ0n) is 3.93. The lowest BCUT2D eigenvalue weighted by Crippen LogP contribution is -1.77. The van der Waals surface area contributed by atoms with E-state index in [1.54, 1.807) is 0 Å². The van der Waals surface area contributed by atoms with Gasteiger partial charge in [-0.1, -0.05) is 0 Å². The van der Waals surface area contributed by atoms with Crippen molar-refractivity contribution in [2.45, 2.75) is 18.0 Å². The third-order valence-corrected chi connectivity index (χ3v) is 3.64. The van der Waals surface area contributed by atoms with Crippen molar-refractivity contribution in [2.75, 3.05) is 6.16 Å². The van der Waals surface area contributed by atoms with Gasteiger partial charge in [0, 0.05) is 6.16 Å². The van der Waals surface area contributed by atoms with Crippen molar-refractivity contribution in [3.05, 3.63) is 0 Å². The summed E-state index contributed by atoms with van der Waals surface area (Å²) in [7, 11) is -1.01. The lowest BCUT2D eigenvalue weighted by atomic mass is 10.4. The molecule has 0 N–H and O–H groups in total. The standard InChI is InChI=1S/C4H7ClOP/c5-4-2-1-3-7(4)6/h4H,1-3H2. The van der Waals surface area contributed by atoms with E-state index in [-0.39, 0.29) is 5.12 Å². The molecule has 1 aliphatic heterocycles. The Morgan fingerprint density at radius 3 is 2.57 bits per heavy atom. The minimum absolute atomic E-state index is 0.00463. The number of halogens is 1. The average molecular weight is 138 g/mol. The van der Waals surface area contributed by atoms with Gasteiger partial charge in [-0.15, -0.1) is 11.6 Å². The molecule has 1 aliphatic rings. The van der Waals surface area contributed by atoms with Gasteiger partial charge in [-0.05, 0) is 12.8 Å². The predicted octanol–water partition coefficient (Wildman–Crippen LogP) is 2.17. The van der Waals surface area contributed by atoms with Crippen LogP contribution in [0.25, 0.3) is 0 Å². The molecule has 0 aromatic heterocycles. The second kappa shape index (κ2) is 2.11. The summed E-state index contributed by atoms with van der Waals surface area (Å²) in [4.78, 5) is 0. The summed E-state index contributed by atoms with van der Waals surface area (Å²) in [5, 5.41) is -0.00463. The molecule has 0 amide bonds. The summed E-state index contributed by atoms with van der Waals surface area (Å²) in [6, 6.07) is 0. The fourth-order valence-electron chi connectivity index (χ4n) is 0.700. The molecule has 1 rings (SSSR count). The van der Waals surface area contributed by atoms with Crippen LogP contribution in [0.5, 0.6) is 0 Å². The smallest absolute Gasteiger partial charge is 0.103 e. The van der Waals surface area contributed by atoms with Gasteiger partial charge in [-0.2, -0.15) is 0 Å². The lowest BCUT2D eigenvalue weighted by Gasteiger charge is -1.89.